The second kappa shape index (κ2) is 6.45. The highest BCUT2D eigenvalue weighted by atomic mass is 32.2. The van der Waals surface area contributed by atoms with Gasteiger partial charge in [0.05, 0.1) is 0 Å². The van der Waals surface area contributed by atoms with Crippen LogP contribution in [0.1, 0.15) is 33.3 Å². The van der Waals surface area contributed by atoms with Gasteiger partial charge >= 0.3 is 0 Å². The Morgan fingerprint density at radius 2 is 1.50 bits per heavy atom. The molecule has 0 aliphatic carbocycles. The van der Waals surface area contributed by atoms with Crippen LogP contribution in [0.5, 0.6) is 0 Å². The maximum Gasteiger partial charge on any atom is 0.191 e. The van der Waals surface area contributed by atoms with Gasteiger partial charge in [0.1, 0.15) is 11.6 Å². The molecule has 0 atom stereocenters. The van der Waals surface area contributed by atoms with Crippen molar-refractivity contribution in [2.24, 2.45) is 0 Å². The lowest BCUT2D eigenvalue weighted by Crippen LogP contribution is -2.17. The van der Waals surface area contributed by atoms with Crippen molar-refractivity contribution in [3.05, 3.63) is 5.56 Å². The third-order valence-corrected chi connectivity index (χ3v) is 2.58. The smallest absolute Gasteiger partial charge is 0.191 e. The van der Waals surface area contributed by atoms with E-state index in [-0.39, 0.29) is 12.1 Å². The van der Waals surface area contributed by atoms with Crippen LogP contribution in [0.2, 0.25) is 0 Å². The topological polar surface area (TPSA) is 73.6 Å². The molecule has 2 N–H and O–H groups in total. The molecule has 5 nitrogen and oxygen atoms in total. The van der Waals surface area contributed by atoms with E-state index in [2.05, 4.69) is 26.7 Å². The van der Waals surface area contributed by atoms with E-state index in [9.17, 15) is 5.26 Å². The predicted octanol–water partition coefficient (Wildman–Crippen LogP) is 2.71. The maximum atomic E-state index is 9.27. The molecule has 0 fully saturated rings. The zero-order valence-electron chi connectivity index (χ0n) is 11.4. The molecule has 0 amide bonds. The molecule has 1 rings (SSSR count). The fourth-order valence-electron chi connectivity index (χ4n) is 1.39. The predicted molar refractivity (Wildman–Crippen MR) is 76.0 cm³/mol. The molecular weight excluding hydrogens is 246 g/mol. The Morgan fingerprint density at radius 1 is 1.06 bits per heavy atom. The summed E-state index contributed by atoms with van der Waals surface area (Å²) < 4.78 is 0. The number of hydrogen-bond donors (Lipinski definition) is 2. The number of nitrogens with one attached hydrogen (secondary N) is 2. The normalized spacial score (nSPS) is 10.6. The number of nitrogens with zero attached hydrogens (tertiary/aromatic N) is 3. The van der Waals surface area contributed by atoms with Crippen LogP contribution in [0.25, 0.3) is 0 Å². The monoisotopic (exact) mass is 265 g/mol. The zero-order valence-corrected chi connectivity index (χ0v) is 12.2. The molecule has 6 heteroatoms. The van der Waals surface area contributed by atoms with E-state index in [1.54, 1.807) is 0 Å². The summed E-state index contributed by atoms with van der Waals surface area (Å²) in [6, 6.07) is 2.60. The number of nitriles is 1. The van der Waals surface area contributed by atoms with E-state index in [0.717, 1.165) is 0 Å². The summed E-state index contributed by atoms with van der Waals surface area (Å²) in [6.45, 7) is 8.05. The number of thioether (sulfide) groups is 1. The minimum absolute atomic E-state index is 0.216. The van der Waals surface area contributed by atoms with Crippen molar-refractivity contribution >= 4 is 23.4 Å². The Labute approximate surface area is 112 Å². The largest absolute Gasteiger partial charge is 0.367 e. The molecule has 0 bridgehead atoms. The van der Waals surface area contributed by atoms with Crippen molar-refractivity contribution in [1.29, 1.82) is 5.26 Å². The highest BCUT2D eigenvalue weighted by Crippen LogP contribution is 2.24. The summed E-state index contributed by atoms with van der Waals surface area (Å²) in [5.41, 5.74) is 0.468. The Bertz CT molecular complexity index is 419. The Balaban J connectivity index is 3.26. The van der Waals surface area contributed by atoms with Gasteiger partial charge in [0, 0.05) is 12.1 Å². The van der Waals surface area contributed by atoms with Crippen LogP contribution in [-0.4, -0.2) is 28.3 Å². The van der Waals surface area contributed by atoms with Crippen molar-refractivity contribution in [1.82, 2.24) is 9.97 Å². The van der Waals surface area contributed by atoms with Gasteiger partial charge in [-0.15, -0.1) is 0 Å². The number of anilines is 2. The van der Waals surface area contributed by atoms with Crippen LogP contribution in [0.15, 0.2) is 5.16 Å². The Morgan fingerprint density at radius 3 is 1.78 bits per heavy atom. The van der Waals surface area contributed by atoms with Gasteiger partial charge in [-0.25, -0.2) is 9.97 Å². The van der Waals surface area contributed by atoms with E-state index in [4.69, 9.17) is 0 Å². The summed E-state index contributed by atoms with van der Waals surface area (Å²) in [5, 5.41) is 16.3. The average molecular weight is 265 g/mol. The van der Waals surface area contributed by atoms with Crippen LogP contribution < -0.4 is 10.6 Å². The third-order valence-electron chi connectivity index (χ3n) is 2.03. The highest BCUT2D eigenvalue weighted by Gasteiger charge is 2.15. The quantitative estimate of drug-likeness (QED) is 0.630. The molecule has 1 aromatic heterocycles. The van der Waals surface area contributed by atoms with Crippen LogP contribution in [-0.2, 0) is 0 Å². The van der Waals surface area contributed by atoms with Crippen molar-refractivity contribution in [3.63, 3.8) is 0 Å². The van der Waals surface area contributed by atoms with Crippen molar-refractivity contribution in [2.45, 2.75) is 44.9 Å². The molecule has 0 spiro atoms. The van der Waals surface area contributed by atoms with Gasteiger partial charge in [0.25, 0.3) is 0 Å². The van der Waals surface area contributed by atoms with Crippen molar-refractivity contribution in [3.8, 4) is 6.07 Å². The summed E-state index contributed by atoms with van der Waals surface area (Å²) in [6.07, 6.45) is 1.92. The molecule has 0 aliphatic rings. The standard InChI is InChI=1S/C12H19N5S/c1-7(2)14-10-9(6-13)11(15-8(3)4)17-12(16-10)18-5/h7-8H,1-5H3,(H2,14,15,16,17). The van der Waals surface area contributed by atoms with E-state index in [0.29, 0.717) is 22.4 Å². The van der Waals surface area contributed by atoms with Crippen LogP contribution in [0, 0.1) is 11.3 Å². The fourth-order valence-corrected chi connectivity index (χ4v) is 1.76. The average Bonchev–Trinajstić information content (AvgIpc) is 2.27. The molecule has 1 aromatic rings. The van der Waals surface area contributed by atoms with Crippen molar-refractivity contribution in [2.75, 3.05) is 16.9 Å². The molecule has 0 saturated carbocycles. The molecular formula is C12H19N5S. The van der Waals surface area contributed by atoms with E-state index in [1.165, 1.54) is 11.8 Å². The highest BCUT2D eigenvalue weighted by molar-refractivity contribution is 7.98. The SMILES string of the molecule is CSc1nc(NC(C)C)c(C#N)c(NC(C)C)n1. The summed E-state index contributed by atoms with van der Waals surface area (Å²) >= 11 is 1.46. The third kappa shape index (κ3) is 3.77. The molecule has 0 aliphatic heterocycles. The summed E-state index contributed by atoms with van der Waals surface area (Å²) in [5.74, 6) is 1.19. The Kier molecular flexibility index (Phi) is 5.23. The van der Waals surface area contributed by atoms with Gasteiger partial charge in [0.15, 0.2) is 16.8 Å². The number of aromatic nitrogens is 2. The lowest BCUT2D eigenvalue weighted by atomic mass is 10.2. The van der Waals surface area contributed by atoms with Crippen LogP contribution in [0.4, 0.5) is 11.6 Å². The van der Waals surface area contributed by atoms with Crippen LogP contribution >= 0.6 is 11.8 Å². The van der Waals surface area contributed by atoms with Gasteiger partial charge in [-0.05, 0) is 34.0 Å². The molecule has 0 aromatic carbocycles. The second-order valence-corrected chi connectivity index (χ2v) is 5.27. The first-order chi connectivity index (χ1) is 8.47. The van der Waals surface area contributed by atoms with Gasteiger partial charge in [0.2, 0.25) is 0 Å². The molecule has 18 heavy (non-hydrogen) atoms. The first-order valence-corrected chi connectivity index (χ1v) is 7.09. The number of hydrogen-bond acceptors (Lipinski definition) is 6. The fraction of sp³-hybridized carbons (Fsp3) is 0.583. The number of rotatable bonds is 5. The van der Waals surface area contributed by atoms with Gasteiger partial charge in [-0.1, -0.05) is 11.8 Å². The molecule has 0 unspecified atom stereocenters. The first-order valence-electron chi connectivity index (χ1n) is 5.87. The molecule has 1 heterocycles. The van der Waals surface area contributed by atoms with Gasteiger partial charge in [-0.3, -0.25) is 0 Å². The molecule has 98 valence electrons. The first kappa shape index (κ1) is 14.6. The zero-order chi connectivity index (χ0) is 13.7. The Hall–Kier alpha value is -1.48. The summed E-state index contributed by atoms with van der Waals surface area (Å²) in [4.78, 5) is 8.70. The molecule has 0 radical (unpaired) electrons. The lowest BCUT2D eigenvalue weighted by molar-refractivity contribution is 0.845. The van der Waals surface area contributed by atoms with Crippen LogP contribution in [0.3, 0.4) is 0 Å². The van der Waals surface area contributed by atoms with Crippen molar-refractivity contribution < 1.29 is 0 Å². The minimum atomic E-state index is 0.216. The lowest BCUT2D eigenvalue weighted by Gasteiger charge is -2.16. The second-order valence-electron chi connectivity index (χ2n) is 4.49. The van der Waals surface area contributed by atoms with E-state index < -0.39 is 0 Å². The minimum Gasteiger partial charge on any atom is -0.367 e. The van der Waals surface area contributed by atoms with E-state index in [1.807, 2.05) is 34.0 Å². The van der Waals surface area contributed by atoms with E-state index >= 15 is 0 Å². The van der Waals surface area contributed by atoms with Gasteiger partial charge in [-0.2, -0.15) is 5.26 Å². The maximum absolute atomic E-state index is 9.27. The molecule has 0 saturated heterocycles. The van der Waals surface area contributed by atoms with Gasteiger partial charge < -0.3 is 10.6 Å². The summed E-state index contributed by atoms with van der Waals surface area (Å²) in [7, 11) is 0.